The van der Waals surface area contributed by atoms with Crippen molar-refractivity contribution in [2.24, 2.45) is 0 Å². The molecule has 2 aromatic rings. The van der Waals surface area contributed by atoms with Crippen LogP contribution in [0.5, 0.6) is 5.75 Å². The van der Waals surface area contributed by atoms with Gasteiger partial charge in [0.25, 0.3) is 5.91 Å². The molecule has 7 heteroatoms. The Bertz CT molecular complexity index is 783. The van der Waals surface area contributed by atoms with Gasteiger partial charge in [-0.2, -0.15) is 0 Å². The number of ether oxygens (including phenoxy) is 2. The van der Waals surface area contributed by atoms with Crippen molar-refractivity contribution >= 4 is 29.1 Å². The molecule has 0 atom stereocenters. The largest absolute Gasteiger partial charge is 0.493 e. The van der Waals surface area contributed by atoms with Gasteiger partial charge in [0.05, 0.1) is 13.0 Å². The predicted octanol–water partition coefficient (Wildman–Crippen LogP) is 3.90. The maximum absolute atomic E-state index is 12.2. The molecular weight excluding hydrogens is 380 g/mol. The van der Waals surface area contributed by atoms with Gasteiger partial charge < -0.3 is 20.1 Å². The van der Waals surface area contributed by atoms with E-state index >= 15 is 0 Å². The average molecular weight is 405 g/mol. The minimum Gasteiger partial charge on any atom is -0.493 e. The summed E-state index contributed by atoms with van der Waals surface area (Å²) in [6.07, 6.45) is 0.934. The number of benzene rings is 2. The molecule has 0 spiro atoms. The van der Waals surface area contributed by atoms with E-state index in [1.165, 1.54) is 0 Å². The molecule has 150 valence electrons. The van der Waals surface area contributed by atoms with Crippen LogP contribution >= 0.6 is 11.6 Å². The molecule has 0 heterocycles. The number of halogens is 1. The van der Waals surface area contributed by atoms with Crippen LogP contribution in [0.15, 0.2) is 48.5 Å². The zero-order valence-corrected chi connectivity index (χ0v) is 16.6. The normalized spacial score (nSPS) is 10.4. The summed E-state index contributed by atoms with van der Waals surface area (Å²) in [7, 11) is 0. The van der Waals surface area contributed by atoms with Crippen molar-refractivity contribution in [1.82, 2.24) is 5.32 Å². The van der Waals surface area contributed by atoms with Gasteiger partial charge >= 0.3 is 0 Å². The van der Waals surface area contributed by atoms with Crippen LogP contribution in [0, 0.1) is 0 Å². The highest BCUT2D eigenvalue weighted by atomic mass is 35.5. The van der Waals surface area contributed by atoms with Crippen LogP contribution < -0.4 is 15.4 Å². The van der Waals surface area contributed by atoms with Crippen molar-refractivity contribution in [3.63, 3.8) is 0 Å². The SMILES string of the molecule is CCOCCCNC(=O)c1cccc(NC(=O)CCOc2cccc(Cl)c2)c1. The molecule has 2 amide bonds. The van der Waals surface area contributed by atoms with Gasteiger partial charge in [-0.1, -0.05) is 23.7 Å². The number of anilines is 1. The number of carbonyl (C=O) groups excluding carboxylic acids is 2. The fourth-order valence-corrected chi connectivity index (χ4v) is 2.58. The van der Waals surface area contributed by atoms with E-state index in [4.69, 9.17) is 21.1 Å². The molecule has 0 fully saturated rings. The Labute approximate surface area is 170 Å². The summed E-state index contributed by atoms with van der Waals surface area (Å²) < 4.78 is 10.7. The maximum atomic E-state index is 12.2. The topological polar surface area (TPSA) is 76.7 Å². The van der Waals surface area contributed by atoms with E-state index in [0.717, 1.165) is 6.42 Å². The molecule has 0 aromatic heterocycles. The Morgan fingerprint density at radius 1 is 1.07 bits per heavy atom. The van der Waals surface area contributed by atoms with Crippen molar-refractivity contribution in [3.8, 4) is 5.75 Å². The number of nitrogens with one attached hydrogen (secondary N) is 2. The first-order valence-corrected chi connectivity index (χ1v) is 9.60. The van der Waals surface area contributed by atoms with E-state index < -0.39 is 0 Å². The molecule has 2 N–H and O–H groups in total. The number of hydrogen-bond donors (Lipinski definition) is 2. The third kappa shape index (κ3) is 7.98. The second kappa shape index (κ2) is 12.0. The first-order valence-electron chi connectivity index (χ1n) is 9.22. The first kappa shape index (κ1) is 21.7. The van der Waals surface area contributed by atoms with Gasteiger partial charge in [0, 0.05) is 36.0 Å². The van der Waals surface area contributed by atoms with Crippen molar-refractivity contribution < 1.29 is 19.1 Å². The van der Waals surface area contributed by atoms with E-state index in [-0.39, 0.29) is 24.8 Å². The summed E-state index contributed by atoms with van der Waals surface area (Å²) in [4.78, 5) is 24.3. The number of carbonyl (C=O) groups is 2. The van der Waals surface area contributed by atoms with Crippen LogP contribution in [-0.2, 0) is 9.53 Å². The molecule has 0 aliphatic carbocycles. The molecular formula is C21H25ClN2O4. The molecule has 28 heavy (non-hydrogen) atoms. The van der Waals surface area contributed by atoms with E-state index in [0.29, 0.717) is 41.8 Å². The Morgan fingerprint density at radius 3 is 2.68 bits per heavy atom. The fourth-order valence-electron chi connectivity index (χ4n) is 2.40. The third-order valence-corrected chi connectivity index (χ3v) is 3.99. The molecule has 0 bridgehead atoms. The van der Waals surface area contributed by atoms with Crippen molar-refractivity contribution in [2.75, 3.05) is 31.7 Å². The number of rotatable bonds is 11. The number of amides is 2. The first-order chi connectivity index (χ1) is 13.6. The van der Waals surface area contributed by atoms with Gasteiger partial charge in [0.2, 0.25) is 5.91 Å². The van der Waals surface area contributed by atoms with E-state index in [2.05, 4.69) is 10.6 Å². The molecule has 0 aliphatic heterocycles. The Kier molecular flexibility index (Phi) is 9.31. The summed E-state index contributed by atoms with van der Waals surface area (Å²) in [6, 6.07) is 13.8. The highest BCUT2D eigenvalue weighted by molar-refractivity contribution is 6.30. The minimum atomic E-state index is -0.198. The minimum absolute atomic E-state index is 0.181. The van der Waals surface area contributed by atoms with Crippen LogP contribution in [0.3, 0.4) is 0 Å². The summed E-state index contributed by atoms with van der Waals surface area (Å²) >= 11 is 5.89. The third-order valence-electron chi connectivity index (χ3n) is 3.76. The zero-order valence-electron chi connectivity index (χ0n) is 15.9. The van der Waals surface area contributed by atoms with Gasteiger partial charge in [-0.3, -0.25) is 9.59 Å². The van der Waals surface area contributed by atoms with Crippen LogP contribution in [0.25, 0.3) is 0 Å². The van der Waals surface area contributed by atoms with E-state index in [1.807, 2.05) is 6.92 Å². The van der Waals surface area contributed by atoms with Crippen molar-refractivity contribution in [1.29, 1.82) is 0 Å². The molecule has 2 aromatic carbocycles. The average Bonchev–Trinajstić information content (AvgIpc) is 2.68. The van der Waals surface area contributed by atoms with Gasteiger partial charge in [0.1, 0.15) is 5.75 Å². The number of hydrogen-bond acceptors (Lipinski definition) is 4. The summed E-state index contributed by atoms with van der Waals surface area (Å²) in [5.74, 6) is 0.233. The predicted molar refractivity (Wildman–Crippen MR) is 110 cm³/mol. The Hall–Kier alpha value is -2.57. The summed E-state index contributed by atoms with van der Waals surface area (Å²) in [6.45, 7) is 3.98. The Morgan fingerprint density at radius 2 is 1.89 bits per heavy atom. The van der Waals surface area contributed by atoms with Crippen LogP contribution in [0.4, 0.5) is 5.69 Å². The lowest BCUT2D eigenvalue weighted by Crippen LogP contribution is -2.25. The van der Waals surface area contributed by atoms with Crippen LogP contribution in [0.2, 0.25) is 5.02 Å². The van der Waals surface area contributed by atoms with Crippen LogP contribution in [0.1, 0.15) is 30.1 Å². The highest BCUT2D eigenvalue weighted by Gasteiger charge is 2.08. The standard InChI is InChI=1S/C21H25ClN2O4/c1-2-27-12-5-11-23-21(26)16-6-3-8-18(14-16)24-20(25)10-13-28-19-9-4-7-17(22)15-19/h3-4,6-9,14-15H,2,5,10-13H2,1H3,(H,23,26)(H,24,25). The van der Waals surface area contributed by atoms with Crippen molar-refractivity contribution in [3.05, 3.63) is 59.1 Å². The quantitative estimate of drug-likeness (QED) is 0.557. The summed E-state index contributed by atoms with van der Waals surface area (Å²) in [5, 5.41) is 6.19. The highest BCUT2D eigenvalue weighted by Crippen LogP contribution is 2.17. The van der Waals surface area contributed by atoms with Gasteiger partial charge in [-0.25, -0.2) is 0 Å². The van der Waals surface area contributed by atoms with Gasteiger partial charge in [-0.05, 0) is 49.7 Å². The molecule has 0 unspecified atom stereocenters. The van der Waals surface area contributed by atoms with E-state index in [1.54, 1.807) is 48.5 Å². The lowest BCUT2D eigenvalue weighted by atomic mass is 10.2. The lowest BCUT2D eigenvalue weighted by molar-refractivity contribution is -0.116. The maximum Gasteiger partial charge on any atom is 0.251 e. The lowest BCUT2D eigenvalue weighted by Gasteiger charge is -2.09. The van der Waals surface area contributed by atoms with Crippen LogP contribution in [-0.4, -0.2) is 38.2 Å². The second-order valence-corrected chi connectivity index (χ2v) is 6.43. The van der Waals surface area contributed by atoms with E-state index in [9.17, 15) is 9.59 Å². The Balaban J connectivity index is 1.76. The molecule has 0 saturated heterocycles. The fraction of sp³-hybridized carbons (Fsp3) is 0.333. The molecule has 0 aliphatic rings. The molecule has 0 saturated carbocycles. The smallest absolute Gasteiger partial charge is 0.251 e. The monoisotopic (exact) mass is 404 g/mol. The molecule has 6 nitrogen and oxygen atoms in total. The van der Waals surface area contributed by atoms with Gasteiger partial charge in [0.15, 0.2) is 0 Å². The van der Waals surface area contributed by atoms with Crippen molar-refractivity contribution in [2.45, 2.75) is 19.8 Å². The van der Waals surface area contributed by atoms with Gasteiger partial charge in [-0.15, -0.1) is 0 Å². The summed E-state index contributed by atoms with van der Waals surface area (Å²) in [5.41, 5.74) is 1.05. The second-order valence-electron chi connectivity index (χ2n) is 5.99. The zero-order chi connectivity index (χ0) is 20.2. The molecule has 2 rings (SSSR count). The molecule has 0 radical (unpaired) electrons.